The first kappa shape index (κ1) is 17.7. The normalized spacial score (nSPS) is 42.6. The van der Waals surface area contributed by atoms with Crippen LogP contribution in [0, 0.1) is 23.2 Å². The monoisotopic (exact) mass is 382 g/mol. The minimum atomic E-state index is -0.422. The number of nitrogens with zero attached hydrogens (tertiary/aromatic N) is 2. The van der Waals surface area contributed by atoms with Gasteiger partial charge in [0.15, 0.2) is 0 Å². The number of piperazine rings is 1. The third-order valence-electron chi connectivity index (χ3n) is 9.31. The molecular formula is C24H34N2O2. The van der Waals surface area contributed by atoms with E-state index in [1.54, 1.807) is 5.56 Å². The van der Waals surface area contributed by atoms with Crippen molar-refractivity contribution in [1.29, 1.82) is 0 Å². The summed E-state index contributed by atoms with van der Waals surface area (Å²) in [5.74, 6) is 3.97. The van der Waals surface area contributed by atoms with E-state index in [4.69, 9.17) is 4.74 Å². The van der Waals surface area contributed by atoms with Crippen molar-refractivity contribution in [3.8, 4) is 5.75 Å². The molecule has 6 rings (SSSR count). The van der Waals surface area contributed by atoms with Gasteiger partial charge in [-0.05, 0) is 80.0 Å². The zero-order valence-electron chi connectivity index (χ0n) is 17.1. The molecule has 5 aliphatic rings. The number of likely N-dealkylation sites (N-methyl/N-ethyl adjacent to an activating group) is 1. The molecule has 0 amide bonds. The van der Waals surface area contributed by atoms with Gasteiger partial charge in [0.25, 0.3) is 0 Å². The minimum Gasteiger partial charge on any atom is -0.491 e. The number of hydrogen-bond acceptors (Lipinski definition) is 4. The quantitative estimate of drug-likeness (QED) is 0.821. The van der Waals surface area contributed by atoms with Gasteiger partial charge in [-0.3, -0.25) is 4.90 Å². The van der Waals surface area contributed by atoms with E-state index in [0.29, 0.717) is 24.0 Å². The Morgan fingerprint density at radius 1 is 1.04 bits per heavy atom. The van der Waals surface area contributed by atoms with E-state index < -0.39 is 6.10 Å². The molecule has 28 heavy (non-hydrogen) atoms. The lowest BCUT2D eigenvalue weighted by molar-refractivity contribution is -0.198. The van der Waals surface area contributed by atoms with Gasteiger partial charge in [-0.1, -0.05) is 12.1 Å². The standard InChI is InChI=1S/C24H34N2O2/c1-25-6-8-26(9-7-25)15-21(27)16-28-22-4-2-18(3-5-22)23-12-17-10-19-11-20(14-23)24(19,23)13-17/h2-5,17,19-21,27H,6-16H2,1H3. The molecule has 2 bridgehead atoms. The van der Waals surface area contributed by atoms with E-state index in [-0.39, 0.29) is 0 Å². The van der Waals surface area contributed by atoms with Gasteiger partial charge in [0, 0.05) is 38.1 Å². The average Bonchev–Trinajstić information content (AvgIpc) is 3.18. The van der Waals surface area contributed by atoms with Crippen LogP contribution in [0.5, 0.6) is 5.75 Å². The smallest absolute Gasteiger partial charge is 0.119 e. The number of benzene rings is 1. The lowest BCUT2D eigenvalue weighted by Gasteiger charge is -2.73. The Bertz CT molecular complexity index is 743. The number of β-amino-alcohol motifs (C(OH)–C–C–N with tert-alkyl or cyclic N) is 1. The highest BCUT2D eigenvalue weighted by Crippen LogP contribution is 2.86. The topological polar surface area (TPSA) is 35.9 Å². The predicted molar refractivity (Wildman–Crippen MR) is 110 cm³/mol. The second kappa shape index (κ2) is 6.20. The molecule has 4 nitrogen and oxygen atoms in total. The zero-order chi connectivity index (χ0) is 18.9. The van der Waals surface area contributed by atoms with Crippen molar-refractivity contribution in [2.24, 2.45) is 23.2 Å². The highest BCUT2D eigenvalue weighted by molar-refractivity contribution is 5.44. The van der Waals surface area contributed by atoms with Crippen LogP contribution in [0.3, 0.4) is 0 Å². The molecule has 6 atom stereocenters. The molecule has 1 aliphatic heterocycles. The van der Waals surface area contributed by atoms with Gasteiger partial charge in [0.2, 0.25) is 0 Å². The Labute approximate surface area is 168 Å². The van der Waals surface area contributed by atoms with E-state index >= 15 is 0 Å². The van der Waals surface area contributed by atoms with Gasteiger partial charge >= 0.3 is 0 Å². The second-order valence-corrected chi connectivity index (χ2v) is 10.6. The molecular weight excluding hydrogens is 348 g/mol. The van der Waals surface area contributed by atoms with E-state index in [2.05, 4.69) is 41.1 Å². The third-order valence-corrected chi connectivity index (χ3v) is 9.31. The number of aliphatic hydroxyl groups is 1. The summed E-state index contributed by atoms with van der Waals surface area (Å²) in [6, 6.07) is 8.97. The summed E-state index contributed by atoms with van der Waals surface area (Å²) in [7, 11) is 2.16. The van der Waals surface area contributed by atoms with Gasteiger partial charge in [0.05, 0.1) is 0 Å². The van der Waals surface area contributed by atoms with Crippen LogP contribution in [-0.2, 0) is 5.41 Å². The van der Waals surface area contributed by atoms with Crippen LogP contribution >= 0.6 is 0 Å². The van der Waals surface area contributed by atoms with E-state index in [1.165, 1.54) is 32.1 Å². The maximum Gasteiger partial charge on any atom is 0.119 e. The Balaban J connectivity index is 1.06. The van der Waals surface area contributed by atoms with Crippen molar-refractivity contribution in [3.63, 3.8) is 0 Å². The van der Waals surface area contributed by atoms with Crippen molar-refractivity contribution in [3.05, 3.63) is 29.8 Å². The van der Waals surface area contributed by atoms with Crippen LogP contribution in [0.4, 0.5) is 0 Å². The summed E-state index contributed by atoms with van der Waals surface area (Å²) in [5, 5.41) is 10.4. The predicted octanol–water partition coefficient (Wildman–Crippen LogP) is 2.75. The summed E-state index contributed by atoms with van der Waals surface area (Å²) in [6.07, 6.45) is 7.00. The van der Waals surface area contributed by atoms with Gasteiger partial charge in [-0.15, -0.1) is 0 Å². The Morgan fingerprint density at radius 2 is 1.82 bits per heavy atom. The molecule has 4 saturated carbocycles. The van der Waals surface area contributed by atoms with Crippen molar-refractivity contribution < 1.29 is 9.84 Å². The summed E-state index contributed by atoms with van der Waals surface area (Å²) < 4.78 is 5.93. The first-order valence-electron chi connectivity index (χ1n) is 11.4. The maximum atomic E-state index is 10.4. The summed E-state index contributed by atoms with van der Waals surface area (Å²) in [4.78, 5) is 4.68. The summed E-state index contributed by atoms with van der Waals surface area (Å²) in [6.45, 7) is 5.33. The molecule has 1 spiro atoms. The van der Waals surface area contributed by atoms with Crippen LogP contribution in [0.1, 0.15) is 37.7 Å². The van der Waals surface area contributed by atoms with Gasteiger partial charge < -0.3 is 14.7 Å². The fourth-order valence-electron chi connectivity index (χ4n) is 8.13. The average molecular weight is 383 g/mol. The van der Waals surface area contributed by atoms with E-state index in [0.717, 1.165) is 49.7 Å². The Kier molecular flexibility index (Phi) is 3.93. The fraction of sp³-hybridized carbons (Fsp3) is 0.750. The minimum absolute atomic E-state index is 0.382. The van der Waals surface area contributed by atoms with Crippen molar-refractivity contribution in [1.82, 2.24) is 9.80 Å². The van der Waals surface area contributed by atoms with Crippen LogP contribution in [0.15, 0.2) is 24.3 Å². The molecule has 5 fully saturated rings. The molecule has 4 heteroatoms. The lowest BCUT2D eigenvalue weighted by Crippen LogP contribution is -2.68. The lowest BCUT2D eigenvalue weighted by atomic mass is 9.31. The molecule has 0 aromatic heterocycles. The highest BCUT2D eigenvalue weighted by Gasteiger charge is 2.80. The largest absolute Gasteiger partial charge is 0.491 e. The van der Waals surface area contributed by atoms with Gasteiger partial charge in [-0.25, -0.2) is 0 Å². The molecule has 1 aromatic carbocycles. The Morgan fingerprint density at radius 3 is 2.54 bits per heavy atom. The first-order chi connectivity index (χ1) is 13.6. The molecule has 1 N–H and O–H groups in total. The molecule has 1 aromatic rings. The molecule has 1 heterocycles. The molecule has 0 radical (unpaired) electrons. The fourth-order valence-corrected chi connectivity index (χ4v) is 8.13. The molecule has 152 valence electrons. The van der Waals surface area contributed by atoms with Crippen molar-refractivity contribution in [2.75, 3.05) is 46.4 Å². The van der Waals surface area contributed by atoms with E-state index in [9.17, 15) is 5.11 Å². The van der Waals surface area contributed by atoms with Crippen LogP contribution in [0.25, 0.3) is 0 Å². The van der Waals surface area contributed by atoms with Crippen LogP contribution in [-0.4, -0.2) is 67.4 Å². The van der Waals surface area contributed by atoms with Crippen LogP contribution in [0.2, 0.25) is 0 Å². The van der Waals surface area contributed by atoms with Crippen molar-refractivity contribution in [2.45, 2.75) is 43.6 Å². The number of fused-ring (bicyclic) bond motifs is 1. The van der Waals surface area contributed by atoms with E-state index in [1.807, 2.05) is 0 Å². The summed E-state index contributed by atoms with van der Waals surface area (Å²) >= 11 is 0. The molecule has 4 aliphatic carbocycles. The van der Waals surface area contributed by atoms with Gasteiger partial charge in [-0.2, -0.15) is 0 Å². The highest BCUT2D eigenvalue weighted by atomic mass is 16.5. The van der Waals surface area contributed by atoms with Crippen LogP contribution < -0.4 is 4.74 Å². The molecule has 6 unspecified atom stereocenters. The second-order valence-electron chi connectivity index (χ2n) is 10.6. The van der Waals surface area contributed by atoms with Gasteiger partial charge in [0.1, 0.15) is 18.5 Å². The summed E-state index contributed by atoms with van der Waals surface area (Å²) in [5.41, 5.74) is 2.77. The SMILES string of the molecule is CN1CCN(CC(O)COc2ccc(C34CC5CC6CC(C3)C64C5)cc2)CC1. The Hall–Kier alpha value is -1.10. The van der Waals surface area contributed by atoms with Crippen molar-refractivity contribution >= 4 is 0 Å². The number of hydrogen-bond donors (Lipinski definition) is 1. The first-order valence-corrected chi connectivity index (χ1v) is 11.4. The zero-order valence-corrected chi connectivity index (χ0v) is 17.1. The number of ether oxygens (including phenoxy) is 1. The number of rotatable bonds is 6. The molecule has 1 saturated heterocycles. The number of aliphatic hydroxyl groups excluding tert-OH is 1. The maximum absolute atomic E-state index is 10.4. The third kappa shape index (κ3) is 2.34.